The largest absolute Gasteiger partial charge is 0.508 e. The van der Waals surface area contributed by atoms with E-state index in [0.29, 0.717) is 11.5 Å². The van der Waals surface area contributed by atoms with Crippen molar-refractivity contribution in [1.29, 1.82) is 0 Å². The number of hydrogen-bond donors (Lipinski definition) is 2. The van der Waals surface area contributed by atoms with E-state index in [0.717, 1.165) is 33.8 Å². The summed E-state index contributed by atoms with van der Waals surface area (Å²) in [5.74, 6) is 3.44. The van der Waals surface area contributed by atoms with Crippen LogP contribution in [0.5, 0.6) is 34.5 Å². The molecule has 0 radical (unpaired) electrons. The predicted octanol–water partition coefficient (Wildman–Crippen LogP) is 9.40. The van der Waals surface area contributed by atoms with Crippen molar-refractivity contribution in [2.45, 2.75) is 40.5 Å². The predicted molar refractivity (Wildman–Crippen MR) is 160 cm³/mol. The maximum absolute atomic E-state index is 9.63. The van der Waals surface area contributed by atoms with Gasteiger partial charge in [-0.15, -0.1) is 0 Å². The first-order valence-corrected chi connectivity index (χ1v) is 13.4. The summed E-state index contributed by atoms with van der Waals surface area (Å²) >= 11 is 0. The first-order valence-electron chi connectivity index (χ1n) is 13.4. The maximum atomic E-state index is 9.63. The number of hydrogen-bond acceptors (Lipinski definition) is 4. The highest BCUT2D eigenvalue weighted by Gasteiger charge is 2.22. The molecule has 0 bridgehead atoms. The van der Waals surface area contributed by atoms with Crippen LogP contribution in [0.3, 0.4) is 0 Å². The van der Waals surface area contributed by atoms with E-state index < -0.39 is 0 Å². The van der Waals surface area contributed by atoms with Crippen LogP contribution in [0.4, 0.5) is 0 Å². The Bertz CT molecular complexity index is 1480. The summed E-state index contributed by atoms with van der Waals surface area (Å²) in [5.41, 5.74) is 8.97. The van der Waals surface area contributed by atoms with E-state index in [-0.39, 0.29) is 17.4 Å². The minimum atomic E-state index is 0.0147. The van der Waals surface area contributed by atoms with Gasteiger partial charge in [0.2, 0.25) is 0 Å². The molecule has 0 aromatic heterocycles. The minimum Gasteiger partial charge on any atom is -0.508 e. The average Bonchev–Trinajstić information content (AvgIpc) is 2.92. The summed E-state index contributed by atoms with van der Waals surface area (Å²) in [6.45, 7) is 10.4. The van der Waals surface area contributed by atoms with E-state index in [9.17, 15) is 10.2 Å². The second-order valence-corrected chi connectivity index (χ2v) is 10.5. The zero-order chi connectivity index (χ0) is 28.4. The molecule has 5 aromatic rings. The third kappa shape index (κ3) is 5.81. The van der Waals surface area contributed by atoms with Crippen LogP contribution in [0.2, 0.25) is 0 Å². The summed E-state index contributed by atoms with van der Waals surface area (Å²) in [5, 5.41) is 19.3. The quantitative estimate of drug-likeness (QED) is 0.206. The molecule has 202 valence electrons. The van der Waals surface area contributed by atoms with Crippen molar-refractivity contribution in [3.8, 4) is 34.5 Å². The van der Waals surface area contributed by atoms with Gasteiger partial charge in [0.25, 0.3) is 0 Å². The number of aromatic hydroxyl groups is 2. The lowest BCUT2D eigenvalue weighted by atomic mass is 9.82. The molecule has 0 spiro atoms. The molecule has 0 heterocycles. The fourth-order valence-corrected chi connectivity index (χ4v) is 5.22. The van der Waals surface area contributed by atoms with Crippen LogP contribution in [-0.4, -0.2) is 10.2 Å². The Morgan fingerprint density at radius 2 is 0.800 bits per heavy atom. The summed E-state index contributed by atoms with van der Waals surface area (Å²) in [6, 6.07) is 31.1. The van der Waals surface area contributed by atoms with E-state index in [1.807, 2.05) is 0 Å². The van der Waals surface area contributed by atoms with Crippen LogP contribution >= 0.6 is 0 Å². The third-order valence-corrected chi connectivity index (χ3v) is 7.16. The van der Waals surface area contributed by atoms with Crippen LogP contribution in [0.25, 0.3) is 0 Å². The van der Waals surface area contributed by atoms with Gasteiger partial charge in [-0.1, -0.05) is 54.1 Å². The normalized spacial score (nSPS) is 11.1. The monoisotopic (exact) mass is 530 g/mol. The highest BCUT2D eigenvalue weighted by Crippen LogP contribution is 2.40. The topological polar surface area (TPSA) is 58.9 Å². The van der Waals surface area contributed by atoms with Gasteiger partial charge in [-0.2, -0.15) is 0 Å². The van der Waals surface area contributed by atoms with E-state index in [1.165, 1.54) is 22.3 Å². The van der Waals surface area contributed by atoms with E-state index in [1.54, 1.807) is 48.5 Å². The molecule has 5 aromatic carbocycles. The summed E-state index contributed by atoms with van der Waals surface area (Å²) in [7, 11) is 0. The van der Waals surface area contributed by atoms with Crippen molar-refractivity contribution < 1.29 is 19.7 Å². The fraction of sp³-hybridized carbons (Fsp3) is 0.167. The van der Waals surface area contributed by atoms with Crippen LogP contribution < -0.4 is 9.47 Å². The number of phenolic OH excluding ortho intramolecular Hbond substituents is 2. The van der Waals surface area contributed by atoms with Gasteiger partial charge in [0, 0.05) is 5.92 Å². The zero-order valence-corrected chi connectivity index (χ0v) is 23.5. The van der Waals surface area contributed by atoms with Crippen LogP contribution in [0, 0.1) is 34.6 Å². The number of rotatable bonds is 7. The molecule has 0 unspecified atom stereocenters. The van der Waals surface area contributed by atoms with E-state index in [2.05, 4.69) is 83.1 Å². The second-order valence-electron chi connectivity index (χ2n) is 10.5. The van der Waals surface area contributed by atoms with Crippen LogP contribution in [-0.2, 0) is 0 Å². The van der Waals surface area contributed by atoms with Crippen molar-refractivity contribution in [2.75, 3.05) is 0 Å². The maximum Gasteiger partial charge on any atom is 0.133 e. The number of benzene rings is 5. The molecule has 0 saturated heterocycles. The summed E-state index contributed by atoms with van der Waals surface area (Å²) in [4.78, 5) is 0. The Morgan fingerprint density at radius 1 is 0.450 bits per heavy atom. The zero-order valence-electron chi connectivity index (χ0n) is 23.5. The molecule has 0 aliphatic rings. The lowest BCUT2D eigenvalue weighted by molar-refractivity contribution is 0.461. The molecule has 0 aliphatic heterocycles. The molecule has 2 N–H and O–H groups in total. The lowest BCUT2D eigenvalue weighted by Gasteiger charge is -2.24. The number of phenols is 2. The molecule has 0 aliphatic carbocycles. The van der Waals surface area contributed by atoms with Gasteiger partial charge in [0.15, 0.2) is 0 Å². The molecular weight excluding hydrogens is 496 g/mol. The van der Waals surface area contributed by atoms with Gasteiger partial charge < -0.3 is 19.7 Å². The Balaban J connectivity index is 1.56. The third-order valence-electron chi connectivity index (χ3n) is 7.16. The Labute approximate surface area is 236 Å². The SMILES string of the molecule is Cc1ccc(C(c2cc(C)c(Oc3ccc(O)cc3)c(C)c2)c2cc(C)c(Oc3ccc(O)cc3)c(C)c2)cc1. The molecule has 40 heavy (non-hydrogen) atoms. The van der Waals surface area contributed by atoms with Crippen molar-refractivity contribution in [3.05, 3.63) is 142 Å². The first-order chi connectivity index (χ1) is 19.2. The van der Waals surface area contributed by atoms with Gasteiger partial charge in [-0.05, 0) is 122 Å². The van der Waals surface area contributed by atoms with Crippen molar-refractivity contribution in [2.24, 2.45) is 0 Å². The smallest absolute Gasteiger partial charge is 0.133 e. The number of ether oxygens (including phenoxy) is 2. The highest BCUT2D eigenvalue weighted by atomic mass is 16.5. The molecule has 4 nitrogen and oxygen atoms in total. The standard InChI is InChI=1S/C36H34O4/c1-22-6-8-27(9-7-22)34(28-18-23(2)35(24(3)19-28)39-32-14-10-30(37)11-15-32)29-20-25(4)36(26(5)21-29)40-33-16-12-31(38)13-17-33/h6-21,34,37-38H,1-5H3. The van der Waals surface area contributed by atoms with Gasteiger partial charge in [-0.3, -0.25) is 0 Å². The van der Waals surface area contributed by atoms with Crippen LogP contribution in [0.15, 0.2) is 97.1 Å². The summed E-state index contributed by atoms with van der Waals surface area (Å²) in [6.07, 6.45) is 0. The molecule has 0 atom stereocenters. The van der Waals surface area contributed by atoms with E-state index in [4.69, 9.17) is 9.47 Å². The van der Waals surface area contributed by atoms with Gasteiger partial charge >= 0.3 is 0 Å². The number of aryl methyl sites for hydroxylation is 5. The fourth-order valence-electron chi connectivity index (χ4n) is 5.22. The molecule has 4 heteroatoms. The highest BCUT2D eigenvalue weighted by molar-refractivity contribution is 5.55. The summed E-state index contributed by atoms with van der Waals surface area (Å²) < 4.78 is 12.5. The molecular formula is C36H34O4. The van der Waals surface area contributed by atoms with E-state index >= 15 is 0 Å². The van der Waals surface area contributed by atoms with Crippen molar-refractivity contribution in [3.63, 3.8) is 0 Å². The molecule has 0 fully saturated rings. The Kier molecular flexibility index (Phi) is 7.52. The minimum absolute atomic E-state index is 0.0147. The van der Waals surface area contributed by atoms with Gasteiger partial charge in [-0.25, -0.2) is 0 Å². The first kappa shape index (κ1) is 26.9. The average molecular weight is 531 g/mol. The molecule has 0 amide bonds. The Morgan fingerprint density at radius 3 is 1.15 bits per heavy atom. The molecule has 0 saturated carbocycles. The van der Waals surface area contributed by atoms with Crippen molar-refractivity contribution in [1.82, 2.24) is 0 Å². The van der Waals surface area contributed by atoms with Gasteiger partial charge in [0.1, 0.15) is 34.5 Å². The Hall–Kier alpha value is -4.70. The molecule has 5 rings (SSSR count). The lowest BCUT2D eigenvalue weighted by Crippen LogP contribution is -2.07. The van der Waals surface area contributed by atoms with Crippen molar-refractivity contribution >= 4 is 0 Å². The second kappa shape index (κ2) is 11.2. The van der Waals surface area contributed by atoms with Crippen LogP contribution in [0.1, 0.15) is 50.4 Å². The van der Waals surface area contributed by atoms with Gasteiger partial charge in [0.05, 0.1) is 0 Å².